The second kappa shape index (κ2) is 4.06. The van der Waals surface area contributed by atoms with Gasteiger partial charge in [-0.1, -0.05) is 0 Å². The van der Waals surface area contributed by atoms with Crippen LogP contribution >= 0.6 is 11.8 Å². The molecule has 0 amide bonds. The Bertz CT molecular complexity index is 158. The molecule has 0 fully saturated rings. The zero-order valence-corrected chi connectivity index (χ0v) is 8.10. The zero-order valence-electron chi connectivity index (χ0n) is 5.57. The molecule has 0 aliphatic carbocycles. The van der Waals surface area contributed by atoms with Gasteiger partial charge in [-0.3, -0.25) is 0 Å². The third kappa shape index (κ3) is 2.78. The molecule has 56 valence electrons. The molecular weight excluding hydrogens is 215 g/mol. The summed E-state index contributed by atoms with van der Waals surface area (Å²) in [4.78, 5) is 12.6. The predicted molar refractivity (Wildman–Crippen MR) is 42.8 cm³/mol. The van der Waals surface area contributed by atoms with E-state index in [0.29, 0.717) is 15.0 Å². The van der Waals surface area contributed by atoms with Crippen molar-refractivity contribution < 1.29 is 9.53 Å². The second-order valence-corrected chi connectivity index (χ2v) is 4.82. The zero-order chi connectivity index (χ0) is 7.40. The molecule has 0 saturated carbocycles. The van der Waals surface area contributed by atoms with Crippen molar-refractivity contribution in [2.45, 2.75) is 17.7 Å². The summed E-state index contributed by atoms with van der Waals surface area (Å²) >= 11 is 2.12. The number of rotatable bonds is 1. The van der Waals surface area contributed by atoms with Gasteiger partial charge in [0.2, 0.25) is 0 Å². The molecule has 10 heavy (non-hydrogen) atoms. The van der Waals surface area contributed by atoms with Gasteiger partial charge in [0.15, 0.2) is 0 Å². The minimum atomic E-state index is -0.177. The van der Waals surface area contributed by atoms with Crippen LogP contribution in [0.5, 0.6) is 0 Å². The van der Waals surface area contributed by atoms with E-state index in [1.165, 1.54) is 6.92 Å². The van der Waals surface area contributed by atoms with Gasteiger partial charge in [0.1, 0.15) is 0 Å². The molecule has 4 heteroatoms. The Balaban J connectivity index is 2.28. The van der Waals surface area contributed by atoms with Crippen molar-refractivity contribution in [1.82, 2.24) is 0 Å². The molecule has 1 aliphatic rings. The molecule has 0 spiro atoms. The average Bonchev–Trinajstić information content (AvgIpc) is 1.88. The maximum atomic E-state index is 10.5. The van der Waals surface area contributed by atoms with E-state index in [4.69, 9.17) is 4.74 Å². The van der Waals surface area contributed by atoms with E-state index >= 15 is 0 Å². The monoisotopic (exact) mass is 224 g/mol. The number of ether oxygens (including phenoxy) is 1. The summed E-state index contributed by atoms with van der Waals surface area (Å²) in [7, 11) is 0. The second-order valence-electron chi connectivity index (χ2n) is 1.78. The van der Waals surface area contributed by atoms with E-state index in [9.17, 15) is 4.79 Å². The molecule has 0 N–H and O–H groups in total. The number of hydrogen-bond donors (Lipinski definition) is 0. The molecule has 0 aromatic heterocycles. The predicted octanol–water partition coefficient (Wildman–Crippen LogP) is 1.22. The van der Waals surface area contributed by atoms with E-state index in [-0.39, 0.29) is 11.4 Å². The van der Waals surface area contributed by atoms with E-state index in [0.717, 1.165) is 5.32 Å². The topological polar surface area (TPSA) is 26.3 Å². The summed E-state index contributed by atoms with van der Waals surface area (Å²) < 4.78 is 4.98. The van der Waals surface area contributed by atoms with Crippen molar-refractivity contribution in [1.29, 1.82) is 0 Å². The van der Waals surface area contributed by atoms with Crippen molar-refractivity contribution in [2.24, 2.45) is 0 Å². The van der Waals surface area contributed by atoms with E-state index in [1.807, 2.05) is 5.41 Å². The summed E-state index contributed by atoms with van der Waals surface area (Å²) in [5.74, 6) is -0.177. The quantitative estimate of drug-likeness (QED) is 0.493. The summed E-state index contributed by atoms with van der Waals surface area (Å²) in [5, 5.41) is 3.02. The molecule has 0 radical (unpaired) electrons. The van der Waals surface area contributed by atoms with E-state index in [1.54, 1.807) is 11.8 Å². The number of carbonyl (C=O) groups excluding carboxylic acids is 1. The normalized spacial score (nSPS) is 24.3. The van der Waals surface area contributed by atoms with Gasteiger partial charge >= 0.3 is 70.3 Å². The van der Waals surface area contributed by atoms with Crippen LogP contribution in [-0.2, 0) is 9.53 Å². The van der Waals surface area contributed by atoms with Crippen LogP contribution in [0, 0.1) is 0 Å². The summed E-state index contributed by atoms with van der Waals surface area (Å²) in [6, 6.07) is 0. The van der Waals surface area contributed by atoms with Gasteiger partial charge in [-0.15, -0.1) is 0 Å². The van der Waals surface area contributed by atoms with Crippen molar-refractivity contribution in [3.63, 3.8) is 0 Å². The Morgan fingerprint density at radius 1 is 1.90 bits per heavy atom. The summed E-state index contributed by atoms with van der Waals surface area (Å²) in [6.45, 7) is 1.45. The Morgan fingerprint density at radius 3 is 3.20 bits per heavy atom. The molecule has 1 heterocycles. The van der Waals surface area contributed by atoms with Gasteiger partial charge in [-0.2, -0.15) is 0 Å². The molecule has 0 aromatic carbocycles. The molecule has 1 rings (SSSR count). The van der Waals surface area contributed by atoms with Gasteiger partial charge in [-0.25, -0.2) is 0 Å². The van der Waals surface area contributed by atoms with Crippen LogP contribution in [0.1, 0.15) is 6.92 Å². The molecule has 1 aliphatic heterocycles. The van der Waals surface area contributed by atoms with Crippen molar-refractivity contribution in [3.05, 3.63) is 10.4 Å². The number of hydrogen-bond acceptors (Lipinski definition) is 3. The van der Waals surface area contributed by atoms with Gasteiger partial charge < -0.3 is 0 Å². The van der Waals surface area contributed by atoms with Crippen LogP contribution in [0.4, 0.5) is 0 Å². The molecular formula is C6H8O2SSe. The number of carbonyl (C=O) groups is 1. The van der Waals surface area contributed by atoms with Crippen LogP contribution in [0.2, 0.25) is 5.32 Å². The van der Waals surface area contributed by atoms with Crippen LogP contribution in [-0.4, -0.2) is 26.4 Å². The van der Waals surface area contributed by atoms with Crippen LogP contribution in [0.15, 0.2) is 10.4 Å². The molecule has 0 aromatic rings. The molecule has 0 saturated heterocycles. The first kappa shape index (κ1) is 8.18. The van der Waals surface area contributed by atoms with Crippen molar-refractivity contribution in [3.8, 4) is 0 Å². The number of thioether (sulfide) groups is 1. The average molecular weight is 223 g/mol. The Hall–Kier alpha value is 0.0795. The maximum absolute atomic E-state index is 10.5. The third-order valence-corrected chi connectivity index (χ3v) is 4.36. The molecule has 1 unspecified atom stereocenters. The van der Waals surface area contributed by atoms with Crippen LogP contribution < -0.4 is 0 Å². The third-order valence-electron chi connectivity index (χ3n) is 0.912. The van der Waals surface area contributed by atoms with E-state index < -0.39 is 0 Å². The van der Waals surface area contributed by atoms with Gasteiger partial charge in [0, 0.05) is 0 Å². The minimum absolute atomic E-state index is 0.0856. The fourth-order valence-corrected chi connectivity index (χ4v) is 3.67. The fraction of sp³-hybridized carbons (Fsp3) is 0.500. The first-order valence-electron chi connectivity index (χ1n) is 2.88. The molecule has 2 nitrogen and oxygen atoms in total. The van der Waals surface area contributed by atoms with Gasteiger partial charge in [-0.05, 0) is 0 Å². The Kier molecular flexibility index (Phi) is 3.32. The summed E-state index contributed by atoms with van der Waals surface area (Å²) in [6.07, 6.45) is 0. The molecule has 0 bridgehead atoms. The van der Waals surface area contributed by atoms with Crippen LogP contribution in [0.3, 0.4) is 0 Å². The number of esters is 1. The van der Waals surface area contributed by atoms with Gasteiger partial charge in [0.25, 0.3) is 0 Å². The summed E-state index contributed by atoms with van der Waals surface area (Å²) in [5.41, 5.74) is 0.0856. The fourth-order valence-electron chi connectivity index (χ4n) is 0.579. The molecule has 1 atom stereocenters. The first-order valence-corrected chi connectivity index (χ1v) is 6.02. The first-order chi connectivity index (χ1) is 4.79. The van der Waals surface area contributed by atoms with Gasteiger partial charge in [0.05, 0.1) is 0 Å². The van der Waals surface area contributed by atoms with Crippen molar-refractivity contribution in [2.75, 3.05) is 0 Å². The SMILES string of the molecule is CC(=O)OC1C[Se]C=CS1. The van der Waals surface area contributed by atoms with Crippen LogP contribution in [0.25, 0.3) is 0 Å². The Labute approximate surface area is 70.5 Å². The van der Waals surface area contributed by atoms with E-state index in [2.05, 4.69) is 4.97 Å². The standard InChI is InChI=1S/C6H8O2SSe/c1-5(7)8-6-4-10-3-2-9-6/h2-3,6H,4H2,1H3. The Morgan fingerprint density at radius 2 is 2.70 bits per heavy atom. The van der Waals surface area contributed by atoms with Crippen molar-refractivity contribution >= 4 is 32.7 Å².